The highest BCUT2D eigenvalue weighted by Gasteiger charge is 2.41. The number of rotatable bonds is 2. The zero-order chi connectivity index (χ0) is 23.4. The number of fused-ring (bicyclic) bond motifs is 1. The summed E-state index contributed by atoms with van der Waals surface area (Å²) in [7, 11) is 0. The molecule has 0 saturated carbocycles. The molecule has 1 N–H and O–H groups in total. The van der Waals surface area contributed by atoms with Crippen LogP contribution in [0, 0.1) is 5.82 Å². The average Bonchev–Trinajstić information content (AvgIpc) is 3.14. The Morgan fingerprint density at radius 1 is 1.25 bits per heavy atom. The molecule has 8 heteroatoms. The van der Waals surface area contributed by atoms with E-state index in [4.69, 9.17) is 16.0 Å². The first-order valence-electron chi connectivity index (χ1n) is 10.4. The van der Waals surface area contributed by atoms with E-state index in [1.807, 2.05) is 26.8 Å². The standard InChI is InChI=1S/C24H25ClFN3O3/c1-23(2,3)14-11-17(13-6-7-15(25)16(26)10-13)28-18-12-19(32-20(14)18)21(30)29-9-8-27-22(31)24(29,4)5/h6-7,10-12H,8-9H2,1-5H3,(H,27,31). The van der Waals surface area contributed by atoms with Crippen molar-refractivity contribution in [3.63, 3.8) is 0 Å². The van der Waals surface area contributed by atoms with E-state index in [0.717, 1.165) is 5.56 Å². The molecule has 1 aliphatic rings. The first kappa shape index (κ1) is 22.3. The summed E-state index contributed by atoms with van der Waals surface area (Å²) in [4.78, 5) is 31.7. The molecule has 1 fully saturated rings. The van der Waals surface area contributed by atoms with Crippen molar-refractivity contribution in [1.82, 2.24) is 15.2 Å². The van der Waals surface area contributed by atoms with E-state index in [0.29, 0.717) is 35.4 Å². The summed E-state index contributed by atoms with van der Waals surface area (Å²) in [6.45, 7) is 10.2. The molecule has 3 heterocycles. The molecule has 0 unspecified atom stereocenters. The number of furan rings is 1. The summed E-state index contributed by atoms with van der Waals surface area (Å²) in [5.74, 6) is -1.01. The van der Waals surface area contributed by atoms with E-state index in [1.165, 1.54) is 17.0 Å². The smallest absolute Gasteiger partial charge is 0.290 e. The molecule has 168 valence electrons. The lowest BCUT2D eigenvalue weighted by molar-refractivity contribution is -0.133. The molecule has 3 aromatic rings. The Kier molecular flexibility index (Phi) is 5.28. The number of hydrogen-bond donors (Lipinski definition) is 1. The van der Waals surface area contributed by atoms with Crippen molar-refractivity contribution >= 4 is 34.5 Å². The van der Waals surface area contributed by atoms with Crippen LogP contribution in [0.15, 0.2) is 34.7 Å². The number of benzene rings is 1. The Morgan fingerprint density at radius 2 is 1.97 bits per heavy atom. The molecule has 2 aromatic heterocycles. The maximum Gasteiger partial charge on any atom is 0.290 e. The second kappa shape index (κ2) is 7.59. The van der Waals surface area contributed by atoms with Crippen LogP contribution in [0.3, 0.4) is 0 Å². The Labute approximate surface area is 190 Å². The highest BCUT2D eigenvalue weighted by atomic mass is 35.5. The van der Waals surface area contributed by atoms with Crippen molar-refractivity contribution in [3.8, 4) is 11.3 Å². The normalized spacial score (nSPS) is 16.3. The van der Waals surface area contributed by atoms with Crippen molar-refractivity contribution in [2.45, 2.75) is 45.6 Å². The third kappa shape index (κ3) is 3.75. The van der Waals surface area contributed by atoms with Crippen molar-refractivity contribution in [1.29, 1.82) is 0 Å². The third-order valence-electron chi connectivity index (χ3n) is 5.81. The maximum atomic E-state index is 14.1. The van der Waals surface area contributed by atoms with Crippen LogP contribution >= 0.6 is 11.6 Å². The van der Waals surface area contributed by atoms with Gasteiger partial charge in [-0.1, -0.05) is 38.4 Å². The van der Waals surface area contributed by atoms with Gasteiger partial charge in [-0.05, 0) is 37.5 Å². The number of aromatic nitrogens is 1. The number of nitrogens with zero attached hydrogens (tertiary/aromatic N) is 2. The van der Waals surface area contributed by atoms with Gasteiger partial charge >= 0.3 is 0 Å². The fourth-order valence-electron chi connectivity index (χ4n) is 3.88. The maximum absolute atomic E-state index is 14.1. The molecule has 32 heavy (non-hydrogen) atoms. The molecular weight excluding hydrogens is 433 g/mol. The SMILES string of the molecule is CC(C)(C)c1cc(-c2ccc(Cl)c(F)c2)nc2cc(C(=O)N3CCNC(=O)C3(C)C)oc12. The summed E-state index contributed by atoms with van der Waals surface area (Å²) in [6, 6.07) is 7.96. The first-order chi connectivity index (χ1) is 14.9. The van der Waals surface area contributed by atoms with E-state index in [2.05, 4.69) is 10.3 Å². The minimum absolute atomic E-state index is 0.0373. The molecule has 0 spiro atoms. The van der Waals surface area contributed by atoms with Gasteiger partial charge in [-0.15, -0.1) is 0 Å². The number of piperazine rings is 1. The minimum Gasteiger partial charge on any atom is -0.449 e. The van der Waals surface area contributed by atoms with Gasteiger partial charge in [0.2, 0.25) is 5.91 Å². The molecule has 2 amide bonds. The van der Waals surface area contributed by atoms with Crippen LogP contribution in [0.2, 0.25) is 5.02 Å². The van der Waals surface area contributed by atoms with Gasteiger partial charge < -0.3 is 14.6 Å². The van der Waals surface area contributed by atoms with E-state index in [9.17, 15) is 14.0 Å². The number of carbonyl (C=O) groups is 2. The van der Waals surface area contributed by atoms with Gasteiger partial charge in [0, 0.05) is 30.3 Å². The van der Waals surface area contributed by atoms with Crippen molar-refractivity contribution in [3.05, 3.63) is 52.5 Å². The van der Waals surface area contributed by atoms with Gasteiger partial charge in [0.05, 0.1) is 10.7 Å². The Hall–Kier alpha value is -2.93. The lowest BCUT2D eigenvalue weighted by Gasteiger charge is -2.40. The number of hydrogen-bond acceptors (Lipinski definition) is 4. The first-order valence-corrected chi connectivity index (χ1v) is 10.8. The molecule has 0 atom stereocenters. The van der Waals surface area contributed by atoms with Gasteiger partial charge in [-0.2, -0.15) is 0 Å². The molecule has 1 aromatic carbocycles. The Morgan fingerprint density at radius 3 is 2.62 bits per heavy atom. The van der Waals surface area contributed by atoms with Crippen LogP contribution in [-0.4, -0.2) is 40.3 Å². The highest BCUT2D eigenvalue weighted by Crippen LogP contribution is 2.36. The molecule has 6 nitrogen and oxygen atoms in total. The molecular formula is C24H25ClFN3O3. The van der Waals surface area contributed by atoms with Crippen LogP contribution in [0.4, 0.5) is 4.39 Å². The molecule has 0 bridgehead atoms. The Bertz CT molecular complexity index is 1240. The largest absolute Gasteiger partial charge is 0.449 e. The fourth-order valence-corrected chi connectivity index (χ4v) is 3.99. The number of pyridine rings is 1. The zero-order valence-electron chi connectivity index (χ0n) is 18.7. The summed E-state index contributed by atoms with van der Waals surface area (Å²) in [6.07, 6.45) is 0. The third-order valence-corrected chi connectivity index (χ3v) is 6.12. The predicted molar refractivity (Wildman–Crippen MR) is 121 cm³/mol. The number of amides is 2. The van der Waals surface area contributed by atoms with E-state index >= 15 is 0 Å². The van der Waals surface area contributed by atoms with E-state index < -0.39 is 11.4 Å². The van der Waals surface area contributed by atoms with Gasteiger partial charge in [0.15, 0.2) is 11.3 Å². The lowest BCUT2D eigenvalue weighted by Crippen LogP contribution is -2.63. The van der Waals surface area contributed by atoms with Crippen LogP contribution < -0.4 is 5.32 Å². The fraction of sp³-hybridized carbons (Fsp3) is 0.375. The van der Waals surface area contributed by atoms with Gasteiger partial charge in [0.25, 0.3) is 5.91 Å². The molecule has 0 aliphatic carbocycles. The van der Waals surface area contributed by atoms with Gasteiger partial charge in [0.1, 0.15) is 16.9 Å². The lowest BCUT2D eigenvalue weighted by atomic mass is 9.86. The van der Waals surface area contributed by atoms with E-state index in [-0.39, 0.29) is 28.0 Å². The number of nitrogens with one attached hydrogen (secondary N) is 1. The monoisotopic (exact) mass is 457 g/mol. The van der Waals surface area contributed by atoms with E-state index in [1.54, 1.807) is 26.0 Å². The summed E-state index contributed by atoms with van der Waals surface area (Å²) < 4.78 is 20.1. The quantitative estimate of drug-likeness (QED) is 0.591. The second-order valence-corrected chi connectivity index (χ2v) is 9.94. The highest BCUT2D eigenvalue weighted by molar-refractivity contribution is 6.30. The van der Waals surface area contributed by atoms with Crippen molar-refractivity contribution < 1.29 is 18.4 Å². The molecule has 0 radical (unpaired) electrons. The van der Waals surface area contributed by atoms with Crippen LogP contribution in [0.1, 0.15) is 50.7 Å². The van der Waals surface area contributed by atoms with Crippen molar-refractivity contribution in [2.75, 3.05) is 13.1 Å². The van der Waals surface area contributed by atoms with Crippen LogP contribution in [0.25, 0.3) is 22.4 Å². The molecule has 4 rings (SSSR count). The molecule has 1 aliphatic heterocycles. The number of carbonyl (C=O) groups excluding carboxylic acids is 2. The topological polar surface area (TPSA) is 75.4 Å². The molecule has 1 saturated heterocycles. The minimum atomic E-state index is -0.999. The summed E-state index contributed by atoms with van der Waals surface area (Å²) in [5, 5.41) is 2.82. The van der Waals surface area contributed by atoms with Gasteiger partial charge in [-0.3, -0.25) is 9.59 Å². The van der Waals surface area contributed by atoms with Crippen LogP contribution in [-0.2, 0) is 10.2 Å². The summed E-state index contributed by atoms with van der Waals surface area (Å²) in [5.41, 5.74) is 1.62. The summed E-state index contributed by atoms with van der Waals surface area (Å²) >= 11 is 5.83. The van der Waals surface area contributed by atoms with Crippen LogP contribution in [0.5, 0.6) is 0 Å². The predicted octanol–water partition coefficient (Wildman–Crippen LogP) is 4.94. The zero-order valence-corrected chi connectivity index (χ0v) is 19.4. The number of halogens is 2. The van der Waals surface area contributed by atoms with Crippen molar-refractivity contribution in [2.24, 2.45) is 0 Å². The Balaban J connectivity index is 1.85. The van der Waals surface area contributed by atoms with Gasteiger partial charge in [-0.25, -0.2) is 9.37 Å². The second-order valence-electron chi connectivity index (χ2n) is 9.53. The average molecular weight is 458 g/mol.